The molecule has 1 rings (SSSR count). The van der Waals surface area contributed by atoms with Gasteiger partial charge in [-0.05, 0) is 18.1 Å². The van der Waals surface area contributed by atoms with E-state index < -0.39 is 5.82 Å². The molecule has 1 aromatic carbocycles. The molecule has 15 heavy (non-hydrogen) atoms. The number of nitrogen functional groups attached to an aromatic ring is 1. The summed E-state index contributed by atoms with van der Waals surface area (Å²) in [5.41, 5.74) is 5.58. The van der Waals surface area contributed by atoms with Crippen molar-refractivity contribution in [2.24, 2.45) is 11.7 Å². The molecule has 0 saturated carbocycles. The van der Waals surface area contributed by atoms with Crippen LogP contribution in [0, 0.1) is 17.1 Å². The summed E-state index contributed by atoms with van der Waals surface area (Å²) in [5, 5.41) is 7.33. The zero-order valence-electron chi connectivity index (χ0n) is 8.88. The monoisotopic (exact) mass is 226 g/mol. The molecule has 3 N–H and O–H groups in total. The maximum Gasteiger partial charge on any atom is 0.135 e. The Morgan fingerprint density at radius 3 is 2.73 bits per heavy atom. The topological polar surface area (TPSA) is 49.9 Å². The fraction of sp³-hybridized carbons (Fsp3) is 0.364. The predicted octanol–water partition coefficient (Wildman–Crippen LogP) is 2.86. The molecule has 1 aromatic rings. The van der Waals surface area contributed by atoms with Crippen molar-refractivity contribution in [1.29, 1.82) is 5.41 Å². The van der Waals surface area contributed by atoms with Gasteiger partial charge >= 0.3 is 0 Å². The Morgan fingerprint density at radius 2 is 2.20 bits per heavy atom. The normalized spacial score (nSPS) is 10.7. The van der Waals surface area contributed by atoms with E-state index >= 15 is 0 Å². The van der Waals surface area contributed by atoms with Crippen molar-refractivity contribution in [2.45, 2.75) is 18.7 Å². The maximum absolute atomic E-state index is 13.4. The van der Waals surface area contributed by atoms with E-state index in [1.165, 1.54) is 17.8 Å². The quantitative estimate of drug-likeness (QED) is 0.471. The van der Waals surface area contributed by atoms with Gasteiger partial charge in [0.2, 0.25) is 0 Å². The number of thioether (sulfide) groups is 1. The van der Waals surface area contributed by atoms with E-state index in [0.29, 0.717) is 5.92 Å². The van der Waals surface area contributed by atoms with E-state index in [1.807, 2.05) is 0 Å². The third kappa shape index (κ3) is 3.23. The fourth-order valence-corrected chi connectivity index (χ4v) is 2.18. The summed E-state index contributed by atoms with van der Waals surface area (Å²) in [6.45, 7) is 4.19. The molecule has 0 radical (unpaired) electrons. The van der Waals surface area contributed by atoms with Gasteiger partial charge in [-0.2, -0.15) is 0 Å². The van der Waals surface area contributed by atoms with Crippen LogP contribution < -0.4 is 5.73 Å². The number of halogens is 1. The highest BCUT2D eigenvalue weighted by atomic mass is 32.2. The molecular formula is C11H15FN2S. The molecule has 0 spiro atoms. The minimum atomic E-state index is -0.420. The lowest BCUT2D eigenvalue weighted by Gasteiger charge is -2.09. The highest BCUT2D eigenvalue weighted by Gasteiger charge is 2.11. The summed E-state index contributed by atoms with van der Waals surface area (Å²) in [7, 11) is 0. The van der Waals surface area contributed by atoms with Crippen molar-refractivity contribution in [3.8, 4) is 0 Å². The summed E-state index contributed by atoms with van der Waals surface area (Å²) in [6, 6.07) is 4.77. The Balaban J connectivity index is 2.96. The number of hydrogen-bond donors (Lipinski definition) is 2. The van der Waals surface area contributed by atoms with Crippen molar-refractivity contribution in [2.75, 3.05) is 5.75 Å². The smallest absolute Gasteiger partial charge is 0.135 e. The Kier molecular flexibility index (Phi) is 4.15. The summed E-state index contributed by atoms with van der Waals surface area (Å²) in [6.07, 6.45) is 0. The number of nitrogens with one attached hydrogen (secondary N) is 1. The van der Waals surface area contributed by atoms with E-state index in [0.717, 1.165) is 10.6 Å². The molecule has 0 aromatic heterocycles. The predicted molar refractivity (Wildman–Crippen MR) is 63.0 cm³/mol. The molecule has 0 heterocycles. The summed E-state index contributed by atoms with van der Waals surface area (Å²) >= 11 is 1.54. The van der Waals surface area contributed by atoms with E-state index in [2.05, 4.69) is 13.8 Å². The van der Waals surface area contributed by atoms with Gasteiger partial charge in [-0.3, -0.25) is 5.41 Å². The Bertz CT molecular complexity index is 364. The molecule has 4 heteroatoms. The molecule has 0 aliphatic heterocycles. The first-order valence-electron chi connectivity index (χ1n) is 4.78. The average Bonchev–Trinajstić information content (AvgIpc) is 2.13. The van der Waals surface area contributed by atoms with Crippen molar-refractivity contribution < 1.29 is 4.39 Å². The average molecular weight is 226 g/mol. The number of amidine groups is 1. The molecule has 0 fully saturated rings. The molecule has 0 saturated heterocycles. The molecule has 0 atom stereocenters. The van der Waals surface area contributed by atoms with Crippen molar-refractivity contribution in [3.05, 3.63) is 29.6 Å². The SMILES string of the molecule is CC(C)CSc1cccc(F)c1C(=N)N. The van der Waals surface area contributed by atoms with E-state index in [4.69, 9.17) is 11.1 Å². The second-order valence-electron chi connectivity index (χ2n) is 3.73. The van der Waals surface area contributed by atoms with Crippen LogP contribution in [0.5, 0.6) is 0 Å². The zero-order chi connectivity index (χ0) is 11.4. The van der Waals surface area contributed by atoms with E-state index in [1.54, 1.807) is 12.1 Å². The van der Waals surface area contributed by atoms with Crippen LogP contribution in [0.1, 0.15) is 19.4 Å². The molecule has 0 amide bonds. The van der Waals surface area contributed by atoms with Crippen molar-refractivity contribution >= 4 is 17.6 Å². The minimum Gasteiger partial charge on any atom is -0.384 e. The second-order valence-corrected chi connectivity index (χ2v) is 4.79. The van der Waals surface area contributed by atoms with Gasteiger partial charge in [0.15, 0.2) is 0 Å². The van der Waals surface area contributed by atoms with Crippen LogP contribution in [-0.4, -0.2) is 11.6 Å². The van der Waals surface area contributed by atoms with Crippen LogP contribution >= 0.6 is 11.8 Å². The standard InChI is InChI=1S/C11H15FN2S/c1-7(2)6-15-9-5-3-4-8(12)10(9)11(13)14/h3-5,7H,6H2,1-2H3,(H3,13,14). The van der Waals surface area contributed by atoms with Gasteiger partial charge in [0, 0.05) is 10.6 Å². The first kappa shape index (κ1) is 12.0. The van der Waals surface area contributed by atoms with Gasteiger partial charge in [0.1, 0.15) is 11.7 Å². The first-order valence-corrected chi connectivity index (χ1v) is 5.76. The van der Waals surface area contributed by atoms with Crippen LogP contribution in [0.3, 0.4) is 0 Å². The van der Waals surface area contributed by atoms with Crippen LogP contribution in [0.15, 0.2) is 23.1 Å². The van der Waals surface area contributed by atoms with Crippen molar-refractivity contribution in [3.63, 3.8) is 0 Å². The summed E-state index contributed by atoms with van der Waals surface area (Å²) < 4.78 is 13.4. The Hall–Kier alpha value is -1.03. The van der Waals surface area contributed by atoms with Gasteiger partial charge < -0.3 is 5.73 Å². The number of benzene rings is 1. The number of hydrogen-bond acceptors (Lipinski definition) is 2. The number of nitrogens with two attached hydrogens (primary N) is 1. The van der Waals surface area contributed by atoms with Gasteiger partial charge in [0.05, 0.1) is 5.56 Å². The Labute approximate surface area is 93.6 Å². The van der Waals surface area contributed by atoms with Crippen LogP contribution in [0.25, 0.3) is 0 Å². The number of rotatable bonds is 4. The summed E-state index contributed by atoms with van der Waals surface area (Å²) in [4.78, 5) is 0.746. The second kappa shape index (κ2) is 5.16. The third-order valence-electron chi connectivity index (χ3n) is 1.82. The van der Waals surface area contributed by atoms with Gasteiger partial charge in [-0.1, -0.05) is 19.9 Å². The lowest BCUT2D eigenvalue weighted by atomic mass is 10.2. The highest BCUT2D eigenvalue weighted by Crippen LogP contribution is 2.26. The lowest BCUT2D eigenvalue weighted by Crippen LogP contribution is -2.14. The Morgan fingerprint density at radius 1 is 1.53 bits per heavy atom. The van der Waals surface area contributed by atoms with Crippen molar-refractivity contribution in [1.82, 2.24) is 0 Å². The van der Waals surface area contributed by atoms with Gasteiger partial charge in [0.25, 0.3) is 0 Å². The molecule has 82 valence electrons. The lowest BCUT2D eigenvalue weighted by molar-refractivity contribution is 0.620. The zero-order valence-corrected chi connectivity index (χ0v) is 9.70. The highest BCUT2D eigenvalue weighted by molar-refractivity contribution is 7.99. The molecule has 0 aliphatic rings. The van der Waals surface area contributed by atoms with Crippen LogP contribution in [0.4, 0.5) is 4.39 Å². The fourth-order valence-electron chi connectivity index (χ4n) is 1.14. The molecule has 0 aliphatic carbocycles. The summed E-state index contributed by atoms with van der Waals surface area (Å²) in [5.74, 6) is 0.790. The molecule has 0 bridgehead atoms. The molecule has 0 unspecified atom stereocenters. The third-order valence-corrected chi connectivity index (χ3v) is 3.30. The maximum atomic E-state index is 13.4. The minimum absolute atomic E-state index is 0.209. The largest absolute Gasteiger partial charge is 0.384 e. The van der Waals surface area contributed by atoms with E-state index in [9.17, 15) is 4.39 Å². The van der Waals surface area contributed by atoms with Crippen LogP contribution in [-0.2, 0) is 0 Å². The first-order chi connectivity index (χ1) is 7.02. The van der Waals surface area contributed by atoms with Gasteiger partial charge in [-0.15, -0.1) is 11.8 Å². The van der Waals surface area contributed by atoms with E-state index in [-0.39, 0.29) is 11.4 Å². The van der Waals surface area contributed by atoms with Crippen LogP contribution in [0.2, 0.25) is 0 Å². The molecular weight excluding hydrogens is 211 g/mol. The van der Waals surface area contributed by atoms with Gasteiger partial charge in [-0.25, -0.2) is 4.39 Å². The molecule has 2 nitrogen and oxygen atoms in total.